The molecule has 2 saturated carbocycles. The quantitative estimate of drug-likeness (QED) is 0.713. The minimum Gasteiger partial charge on any atom is -0.481 e. The SMILES string of the molecule is Cl.NCC1(C(=O)O)CCC(C(=O)[C@H]2CC[C@H](CN)CC2)CC1. The van der Waals surface area contributed by atoms with Gasteiger partial charge in [-0.3, -0.25) is 9.59 Å². The summed E-state index contributed by atoms with van der Waals surface area (Å²) in [5.41, 5.74) is 10.5. The van der Waals surface area contributed by atoms with E-state index in [1.807, 2.05) is 0 Å². The van der Waals surface area contributed by atoms with E-state index in [-0.39, 0.29) is 30.8 Å². The van der Waals surface area contributed by atoms with E-state index in [9.17, 15) is 14.7 Å². The van der Waals surface area contributed by atoms with Gasteiger partial charge in [0.2, 0.25) is 0 Å². The van der Waals surface area contributed by atoms with Crippen LogP contribution >= 0.6 is 12.4 Å². The smallest absolute Gasteiger partial charge is 0.310 e. The van der Waals surface area contributed by atoms with E-state index in [2.05, 4.69) is 0 Å². The molecule has 5 nitrogen and oxygen atoms in total. The van der Waals surface area contributed by atoms with Crippen molar-refractivity contribution in [3.63, 3.8) is 0 Å². The Bertz CT molecular complexity index is 387. The minimum absolute atomic E-state index is 0. The Labute approximate surface area is 138 Å². The van der Waals surface area contributed by atoms with Crippen molar-refractivity contribution in [3.05, 3.63) is 0 Å². The van der Waals surface area contributed by atoms with Crippen molar-refractivity contribution in [2.75, 3.05) is 13.1 Å². The number of carbonyl (C=O) groups excluding carboxylic acids is 1. The van der Waals surface area contributed by atoms with Gasteiger partial charge in [0.15, 0.2) is 0 Å². The van der Waals surface area contributed by atoms with Crippen molar-refractivity contribution >= 4 is 24.2 Å². The normalized spacial score (nSPS) is 35.5. The van der Waals surface area contributed by atoms with Crippen LogP contribution in [0.5, 0.6) is 0 Å². The highest BCUT2D eigenvalue weighted by Crippen LogP contribution is 2.41. The molecular weight excluding hydrogens is 304 g/mol. The Hall–Kier alpha value is -0.650. The predicted octanol–water partition coefficient (Wildman–Crippen LogP) is 1.96. The number of ketones is 1. The molecule has 2 fully saturated rings. The van der Waals surface area contributed by atoms with Crippen LogP contribution in [-0.4, -0.2) is 29.9 Å². The maximum absolute atomic E-state index is 12.6. The fourth-order valence-electron chi connectivity index (χ4n) is 3.98. The molecule has 0 atom stereocenters. The summed E-state index contributed by atoms with van der Waals surface area (Å²) in [4.78, 5) is 24.0. The first-order valence-corrected chi connectivity index (χ1v) is 8.19. The Morgan fingerprint density at radius 3 is 1.86 bits per heavy atom. The molecule has 5 N–H and O–H groups in total. The molecule has 0 aliphatic heterocycles. The van der Waals surface area contributed by atoms with E-state index in [0.29, 0.717) is 37.4 Å². The van der Waals surface area contributed by atoms with Gasteiger partial charge in [-0.05, 0) is 63.8 Å². The molecule has 0 unspecified atom stereocenters. The second kappa shape index (κ2) is 8.27. The van der Waals surface area contributed by atoms with Gasteiger partial charge < -0.3 is 16.6 Å². The van der Waals surface area contributed by atoms with Crippen LogP contribution in [0.15, 0.2) is 0 Å². The number of carboxylic acids is 1. The lowest BCUT2D eigenvalue weighted by Gasteiger charge is -2.37. The van der Waals surface area contributed by atoms with Gasteiger partial charge in [-0.2, -0.15) is 0 Å². The molecule has 128 valence electrons. The summed E-state index contributed by atoms with van der Waals surface area (Å²) in [6.07, 6.45) is 6.46. The van der Waals surface area contributed by atoms with Gasteiger partial charge in [0.25, 0.3) is 0 Å². The first-order valence-electron chi connectivity index (χ1n) is 8.19. The van der Waals surface area contributed by atoms with Crippen LogP contribution in [0, 0.1) is 23.2 Å². The van der Waals surface area contributed by atoms with Crippen LogP contribution in [0.3, 0.4) is 0 Å². The molecule has 2 aliphatic carbocycles. The highest BCUT2D eigenvalue weighted by Gasteiger charge is 2.43. The monoisotopic (exact) mass is 332 g/mol. The summed E-state index contributed by atoms with van der Waals surface area (Å²) < 4.78 is 0. The summed E-state index contributed by atoms with van der Waals surface area (Å²) in [7, 11) is 0. The number of hydrogen-bond donors (Lipinski definition) is 3. The van der Waals surface area contributed by atoms with Crippen LogP contribution < -0.4 is 11.5 Å². The lowest BCUT2D eigenvalue weighted by Crippen LogP contribution is -2.43. The van der Waals surface area contributed by atoms with Crippen molar-refractivity contribution in [1.29, 1.82) is 0 Å². The molecule has 0 aromatic heterocycles. The van der Waals surface area contributed by atoms with Gasteiger partial charge in [-0.15, -0.1) is 12.4 Å². The van der Waals surface area contributed by atoms with E-state index >= 15 is 0 Å². The number of rotatable bonds is 5. The van der Waals surface area contributed by atoms with E-state index in [1.165, 1.54) is 0 Å². The molecule has 0 spiro atoms. The van der Waals surface area contributed by atoms with Crippen molar-refractivity contribution < 1.29 is 14.7 Å². The predicted molar refractivity (Wildman–Crippen MR) is 87.8 cm³/mol. The maximum Gasteiger partial charge on any atom is 0.310 e. The standard InChI is InChI=1S/C16H28N2O3.ClH/c17-9-11-1-3-12(4-2-11)14(19)13-5-7-16(10-18,8-6-13)15(20)21;/h11-13H,1-10,17-18H2,(H,20,21);1H/t11-,12-,13?,16?;. The molecule has 0 aromatic carbocycles. The van der Waals surface area contributed by atoms with E-state index in [1.54, 1.807) is 0 Å². The van der Waals surface area contributed by atoms with Crippen LogP contribution in [0.1, 0.15) is 51.4 Å². The molecule has 2 aliphatic rings. The summed E-state index contributed by atoms with van der Waals surface area (Å²) >= 11 is 0. The second-order valence-electron chi connectivity index (χ2n) is 6.92. The lowest BCUT2D eigenvalue weighted by atomic mass is 9.67. The van der Waals surface area contributed by atoms with Crippen molar-refractivity contribution in [1.82, 2.24) is 0 Å². The molecule has 0 amide bonds. The lowest BCUT2D eigenvalue weighted by molar-refractivity contribution is -0.152. The Morgan fingerprint density at radius 1 is 0.955 bits per heavy atom. The van der Waals surface area contributed by atoms with Crippen LogP contribution in [-0.2, 0) is 9.59 Å². The third-order valence-electron chi connectivity index (χ3n) is 5.77. The number of halogens is 1. The molecular formula is C16H29ClN2O3. The Balaban J connectivity index is 0.00000242. The topological polar surface area (TPSA) is 106 Å². The van der Waals surface area contributed by atoms with Gasteiger partial charge in [0.1, 0.15) is 5.78 Å². The minimum atomic E-state index is -0.806. The molecule has 22 heavy (non-hydrogen) atoms. The fourth-order valence-corrected chi connectivity index (χ4v) is 3.98. The van der Waals surface area contributed by atoms with Gasteiger partial charge >= 0.3 is 5.97 Å². The number of aliphatic carboxylic acids is 1. The third kappa shape index (κ3) is 4.00. The first kappa shape index (κ1) is 19.4. The van der Waals surface area contributed by atoms with Gasteiger partial charge in [-0.25, -0.2) is 0 Å². The summed E-state index contributed by atoms with van der Waals surface area (Å²) in [6, 6.07) is 0. The summed E-state index contributed by atoms with van der Waals surface area (Å²) in [5, 5.41) is 9.34. The fraction of sp³-hybridized carbons (Fsp3) is 0.875. The molecule has 6 heteroatoms. The zero-order valence-electron chi connectivity index (χ0n) is 13.1. The average Bonchev–Trinajstić information content (AvgIpc) is 2.54. The van der Waals surface area contributed by atoms with Gasteiger partial charge in [0.05, 0.1) is 5.41 Å². The average molecular weight is 333 g/mol. The number of hydrogen-bond acceptors (Lipinski definition) is 4. The third-order valence-corrected chi connectivity index (χ3v) is 5.77. The Morgan fingerprint density at radius 2 is 1.45 bits per heavy atom. The van der Waals surface area contributed by atoms with Crippen molar-refractivity contribution in [3.8, 4) is 0 Å². The van der Waals surface area contributed by atoms with Crippen LogP contribution in [0.4, 0.5) is 0 Å². The molecule has 0 aromatic rings. The summed E-state index contributed by atoms with van der Waals surface area (Å²) in [5.74, 6) is 0.356. The molecule has 2 rings (SSSR count). The second-order valence-corrected chi connectivity index (χ2v) is 6.92. The van der Waals surface area contributed by atoms with Crippen molar-refractivity contribution in [2.24, 2.45) is 34.6 Å². The molecule has 0 heterocycles. The van der Waals surface area contributed by atoms with Gasteiger partial charge in [0, 0.05) is 18.4 Å². The number of nitrogens with two attached hydrogens (primary N) is 2. The van der Waals surface area contributed by atoms with Crippen LogP contribution in [0.25, 0.3) is 0 Å². The maximum atomic E-state index is 12.6. The largest absolute Gasteiger partial charge is 0.481 e. The Kier molecular flexibility index (Phi) is 7.29. The zero-order valence-corrected chi connectivity index (χ0v) is 13.9. The number of carbonyl (C=O) groups is 2. The van der Waals surface area contributed by atoms with Crippen molar-refractivity contribution in [2.45, 2.75) is 51.4 Å². The van der Waals surface area contributed by atoms with E-state index in [4.69, 9.17) is 11.5 Å². The molecule has 0 radical (unpaired) electrons. The highest BCUT2D eigenvalue weighted by atomic mass is 35.5. The molecule has 0 bridgehead atoms. The van der Waals surface area contributed by atoms with E-state index in [0.717, 1.165) is 32.2 Å². The highest BCUT2D eigenvalue weighted by molar-refractivity contribution is 5.85. The van der Waals surface area contributed by atoms with Gasteiger partial charge in [-0.1, -0.05) is 0 Å². The zero-order chi connectivity index (χ0) is 15.5. The van der Waals surface area contributed by atoms with E-state index < -0.39 is 11.4 Å². The number of Topliss-reactive ketones (excluding diaryl/α,β-unsaturated/α-hetero) is 1. The molecule has 0 saturated heterocycles. The first-order chi connectivity index (χ1) is 10.0. The van der Waals surface area contributed by atoms with Crippen LogP contribution in [0.2, 0.25) is 0 Å². The number of carboxylic acid groups (broad SMARTS) is 1. The summed E-state index contributed by atoms with van der Waals surface area (Å²) in [6.45, 7) is 0.896.